The van der Waals surface area contributed by atoms with E-state index in [9.17, 15) is 18.0 Å². The first kappa shape index (κ1) is 17.2. The number of rotatable bonds is 8. The van der Waals surface area contributed by atoms with Gasteiger partial charge in [0.1, 0.15) is 6.04 Å². The summed E-state index contributed by atoms with van der Waals surface area (Å²) in [5, 5.41) is 2.90. The standard InChI is InChI=1S/C11H21F3N2O2/c1-4-15-9(10(17)18-5-2)8-16(3)7-6-11(12,13)14/h9,15H,4-8H2,1-3H3. The Morgan fingerprint density at radius 3 is 2.44 bits per heavy atom. The van der Waals surface area contributed by atoms with Gasteiger partial charge in [0, 0.05) is 13.1 Å². The maximum Gasteiger partial charge on any atom is 0.390 e. The van der Waals surface area contributed by atoms with Crippen molar-refractivity contribution in [3.63, 3.8) is 0 Å². The Hall–Kier alpha value is -0.820. The van der Waals surface area contributed by atoms with E-state index >= 15 is 0 Å². The molecule has 0 fully saturated rings. The summed E-state index contributed by atoms with van der Waals surface area (Å²) < 4.78 is 41.0. The quantitative estimate of drug-likeness (QED) is 0.677. The monoisotopic (exact) mass is 270 g/mol. The average molecular weight is 270 g/mol. The fourth-order valence-electron chi connectivity index (χ4n) is 1.43. The molecule has 1 unspecified atom stereocenters. The molecule has 1 N–H and O–H groups in total. The zero-order valence-electron chi connectivity index (χ0n) is 11.0. The lowest BCUT2D eigenvalue weighted by Gasteiger charge is -2.23. The number of alkyl halides is 3. The van der Waals surface area contributed by atoms with Crippen molar-refractivity contribution in [3.8, 4) is 0 Å². The molecule has 0 saturated heterocycles. The van der Waals surface area contributed by atoms with Gasteiger partial charge < -0.3 is 15.0 Å². The minimum Gasteiger partial charge on any atom is -0.465 e. The van der Waals surface area contributed by atoms with Gasteiger partial charge in [-0.2, -0.15) is 13.2 Å². The Labute approximate surface area is 105 Å². The van der Waals surface area contributed by atoms with Gasteiger partial charge in [0.15, 0.2) is 0 Å². The number of carbonyl (C=O) groups is 1. The van der Waals surface area contributed by atoms with Crippen molar-refractivity contribution in [1.29, 1.82) is 0 Å². The molecule has 0 aromatic rings. The molecule has 0 saturated carbocycles. The average Bonchev–Trinajstić information content (AvgIpc) is 2.25. The molecular weight excluding hydrogens is 249 g/mol. The SMILES string of the molecule is CCNC(CN(C)CCC(F)(F)F)C(=O)OCC. The van der Waals surface area contributed by atoms with Crippen LogP contribution >= 0.6 is 0 Å². The van der Waals surface area contributed by atoms with Crippen LogP contribution in [0.5, 0.6) is 0 Å². The van der Waals surface area contributed by atoms with Gasteiger partial charge in [-0.3, -0.25) is 4.79 Å². The molecule has 0 amide bonds. The Morgan fingerprint density at radius 1 is 1.39 bits per heavy atom. The Bertz CT molecular complexity index is 247. The molecule has 0 rings (SSSR count). The molecule has 0 aliphatic rings. The van der Waals surface area contributed by atoms with E-state index in [1.165, 1.54) is 4.90 Å². The maximum atomic E-state index is 12.0. The molecule has 0 aliphatic carbocycles. The zero-order valence-corrected chi connectivity index (χ0v) is 11.0. The van der Waals surface area contributed by atoms with Crippen LogP contribution in [0, 0.1) is 0 Å². The lowest BCUT2D eigenvalue weighted by Crippen LogP contribution is -2.46. The van der Waals surface area contributed by atoms with Crippen LogP contribution in [0.2, 0.25) is 0 Å². The first-order valence-electron chi connectivity index (χ1n) is 5.95. The third kappa shape index (κ3) is 8.30. The largest absolute Gasteiger partial charge is 0.465 e. The van der Waals surface area contributed by atoms with Crippen LogP contribution < -0.4 is 5.32 Å². The van der Waals surface area contributed by atoms with Crippen molar-refractivity contribution in [2.45, 2.75) is 32.5 Å². The Kier molecular flexibility index (Phi) is 7.93. The van der Waals surface area contributed by atoms with E-state index in [0.717, 1.165) is 0 Å². The highest BCUT2D eigenvalue weighted by molar-refractivity contribution is 5.76. The topological polar surface area (TPSA) is 41.6 Å². The number of esters is 1. The van der Waals surface area contributed by atoms with Gasteiger partial charge in [-0.25, -0.2) is 0 Å². The minimum atomic E-state index is -4.17. The van der Waals surface area contributed by atoms with E-state index in [1.807, 2.05) is 6.92 Å². The molecule has 4 nitrogen and oxygen atoms in total. The molecule has 0 bridgehead atoms. The molecule has 0 aliphatic heterocycles. The molecular formula is C11H21F3N2O2. The lowest BCUT2D eigenvalue weighted by atomic mass is 10.2. The van der Waals surface area contributed by atoms with E-state index in [2.05, 4.69) is 5.32 Å². The predicted octanol–water partition coefficient (Wildman–Crippen LogP) is 1.41. The highest BCUT2D eigenvalue weighted by Crippen LogP contribution is 2.19. The summed E-state index contributed by atoms with van der Waals surface area (Å²) in [4.78, 5) is 13.0. The van der Waals surface area contributed by atoms with Crippen molar-refractivity contribution >= 4 is 5.97 Å². The third-order valence-electron chi connectivity index (χ3n) is 2.29. The number of likely N-dealkylation sites (N-methyl/N-ethyl adjacent to an activating group) is 2. The second-order valence-corrected chi connectivity index (χ2v) is 3.99. The number of nitrogens with one attached hydrogen (secondary N) is 1. The number of hydrogen-bond acceptors (Lipinski definition) is 4. The minimum absolute atomic E-state index is 0.134. The van der Waals surface area contributed by atoms with Crippen molar-refractivity contribution in [2.24, 2.45) is 0 Å². The van der Waals surface area contributed by atoms with Crippen LogP contribution in [-0.2, 0) is 9.53 Å². The van der Waals surface area contributed by atoms with Gasteiger partial charge in [-0.15, -0.1) is 0 Å². The number of hydrogen-bond donors (Lipinski definition) is 1. The van der Waals surface area contributed by atoms with Crippen molar-refractivity contribution in [3.05, 3.63) is 0 Å². The van der Waals surface area contributed by atoms with Crippen LogP contribution in [0.15, 0.2) is 0 Å². The molecule has 18 heavy (non-hydrogen) atoms. The summed E-state index contributed by atoms with van der Waals surface area (Å²) in [5.41, 5.74) is 0. The molecule has 0 heterocycles. The molecule has 1 atom stereocenters. The highest BCUT2D eigenvalue weighted by atomic mass is 19.4. The van der Waals surface area contributed by atoms with E-state index in [0.29, 0.717) is 6.54 Å². The van der Waals surface area contributed by atoms with Crippen LogP contribution in [0.1, 0.15) is 20.3 Å². The summed E-state index contributed by atoms with van der Waals surface area (Å²) >= 11 is 0. The van der Waals surface area contributed by atoms with Crippen molar-refractivity contribution in [1.82, 2.24) is 10.2 Å². The molecule has 7 heteroatoms. The molecule has 0 aromatic heterocycles. The lowest BCUT2D eigenvalue weighted by molar-refractivity contribution is -0.146. The van der Waals surface area contributed by atoms with Crippen LogP contribution in [0.25, 0.3) is 0 Å². The van der Waals surface area contributed by atoms with E-state index in [1.54, 1.807) is 14.0 Å². The van der Waals surface area contributed by atoms with E-state index < -0.39 is 24.6 Å². The fourth-order valence-corrected chi connectivity index (χ4v) is 1.43. The van der Waals surface area contributed by atoms with E-state index in [-0.39, 0.29) is 19.7 Å². The highest BCUT2D eigenvalue weighted by Gasteiger charge is 2.28. The van der Waals surface area contributed by atoms with Crippen LogP contribution in [0.4, 0.5) is 13.2 Å². The summed E-state index contributed by atoms with van der Waals surface area (Å²) in [7, 11) is 1.55. The number of halogens is 3. The summed E-state index contributed by atoms with van der Waals surface area (Å²) in [6.07, 6.45) is -5.06. The molecule has 0 spiro atoms. The predicted molar refractivity (Wildman–Crippen MR) is 62.3 cm³/mol. The first-order valence-corrected chi connectivity index (χ1v) is 5.95. The zero-order chi connectivity index (χ0) is 14.2. The fraction of sp³-hybridized carbons (Fsp3) is 0.909. The number of carbonyl (C=O) groups excluding carboxylic acids is 1. The van der Waals surface area contributed by atoms with Crippen LogP contribution in [-0.4, -0.2) is 56.4 Å². The van der Waals surface area contributed by atoms with Crippen molar-refractivity contribution in [2.75, 3.05) is 33.3 Å². The van der Waals surface area contributed by atoms with Gasteiger partial charge in [-0.1, -0.05) is 6.92 Å². The van der Waals surface area contributed by atoms with Crippen LogP contribution in [0.3, 0.4) is 0 Å². The van der Waals surface area contributed by atoms with E-state index in [4.69, 9.17) is 4.74 Å². The van der Waals surface area contributed by atoms with Gasteiger partial charge >= 0.3 is 12.1 Å². The van der Waals surface area contributed by atoms with Gasteiger partial charge in [0.25, 0.3) is 0 Å². The number of nitrogens with zero attached hydrogens (tertiary/aromatic N) is 1. The van der Waals surface area contributed by atoms with Crippen molar-refractivity contribution < 1.29 is 22.7 Å². The first-order chi connectivity index (χ1) is 8.30. The Balaban J connectivity index is 4.18. The van der Waals surface area contributed by atoms with Gasteiger partial charge in [0.2, 0.25) is 0 Å². The maximum absolute atomic E-state index is 12.0. The van der Waals surface area contributed by atoms with Gasteiger partial charge in [0.05, 0.1) is 13.0 Å². The van der Waals surface area contributed by atoms with Gasteiger partial charge in [-0.05, 0) is 20.5 Å². The summed E-state index contributed by atoms with van der Waals surface area (Å²) in [6.45, 7) is 4.38. The second-order valence-electron chi connectivity index (χ2n) is 3.99. The smallest absolute Gasteiger partial charge is 0.390 e. The third-order valence-corrected chi connectivity index (χ3v) is 2.29. The molecule has 108 valence electrons. The number of ether oxygens (including phenoxy) is 1. The summed E-state index contributed by atoms with van der Waals surface area (Å²) in [5.74, 6) is -0.432. The normalized spacial score (nSPS) is 13.7. The summed E-state index contributed by atoms with van der Waals surface area (Å²) in [6, 6.07) is -0.590. The second kappa shape index (κ2) is 8.31. The molecule has 0 aromatic carbocycles. The molecule has 0 radical (unpaired) electrons. The Morgan fingerprint density at radius 2 is 2.00 bits per heavy atom.